The molecule has 1 amide bonds. The number of hydrogen-bond acceptors (Lipinski definition) is 2. The van der Waals surface area contributed by atoms with Crippen molar-refractivity contribution < 1.29 is 4.79 Å². The smallest absolute Gasteiger partial charge is 0.267 e. The summed E-state index contributed by atoms with van der Waals surface area (Å²) in [6, 6.07) is 8.99. The summed E-state index contributed by atoms with van der Waals surface area (Å²) in [5.41, 5.74) is 7.75. The molecule has 0 unspecified atom stereocenters. The van der Waals surface area contributed by atoms with Crippen LogP contribution in [-0.2, 0) is 0 Å². The summed E-state index contributed by atoms with van der Waals surface area (Å²) in [7, 11) is 0. The van der Waals surface area contributed by atoms with Crippen LogP contribution in [0.15, 0.2) is 65.0 Å². The standard InChI is InChI=1S/C14H12N2O/c1-11(12-7-5-6-8-12)15-16-14(17)13-9-3-2-4-10-13/h2-7,9-10H,1H3,(H,16,17)/b15-11+. The number of carbonyl (C=O) groups excluding carboxylic acids is 1. The topological polar surface area (TPSA) is 41.5 Å². The van der Waals surface area contributed by atoms with Crippen molar-refractivity contribution in [2.24, 2.45) is 5.10 Å². The summed E-state index contributed by atoms with van der Waals surface area (Å²) in [6.45, 7) is 1.83. The lowest BCUT2D eigenvalue weighted by Gasteiger charge is -2.01. The van der Waals surface area contributed by atoms with Crippen molar-refractivity contribution in [3.8, 4) is 0 Å². The van der Waals surface area contributed by atoms with Crippen molar-refractivity contribution in [1.29, 1.82) is 0 Å². The van der Waals surface area contributed by atoms with Gasteiger partial charge in [-0.1, -0.05) is 24.3 Å². The molecular weight excluding hydrogens is 212 g/mol. The summed E-state index contributed by atoms with van der Waals surface area (Å²) >= 11 is 0. The quantitative estimate of drug-likeness (QED) is 0.478. The van der Waals surface area contributed by atoms with Crippen LogP contribution in [0.2, 0.25) is 0 Å². The summed E-state index contributed by atoms with van der Waals surface area (Å²) in [5.74, 6) is -0.212. The molecule has 1 aliphatic rings. The van der Waals surface area contributed by atoms with Crippen LogP contribution in [0.1, 0.15) is 17.3 Å². The van der Waals surface area contributed by atoms with E-state index in [1.165, 1.54) is 0 Å². The lowest BCUT2D eigenvalue weighted by molar-refractivity contribution is 0.0955. The molecule has 0 saturated heterocycles. The number of benzene rings is 1. The molecule has 0 spiro atoms. The van der Waals surface area contributed by atoms with Gasteiger partial charge >= 0.3 is 0 Å². The van der Waals surface area contributed by atoms with E-state index in [9.17, 15) is 4.79 Å². The maximum Gasteiger partial charge on any atom is 0.271 e. The Morgan fingerprint density at radius 1 is 1.29 bits per heavy atom. The fourth-order valence-electron chi connectivity index (χ4n) is 1.40. The fourth-order valence-corrected chi connectivity index (χ4v) is 1.40. The van der Waals surface area contributed by atoms with Crippen LogP contribution in [0.5, 0.6) is 0 Å². The van der Waals surface area contributed by atoms with Crippen molar-refractivity contribution in [1.82, 2.24) is 5.43 Å². The molecule has 0 aromatic heterocycles. The molecule has 0 atom stereocenters. The van der Waals surface area contributed by atoms with E-state index in [4.69, 9.17) is 0 Å². The maximum absolute atomic E-state index is 11.7. The first-order valence-corrected chi connectivity index (χ1v) is 5.31. The minimum Gasteiger partial charge on any atom is -0.267 e. The van der Waals surface area contributed by atoms with Gasteiger partial charge in [0.1, 0.15) is 0 Å². The summed E-state index contributed by atoms with van der Waals surface area (Å²) in [6.07, 6.45) is 5.59. The van der Waals surface area contributed by atoms with E-state index in [0.717, 1.165) is 11.3 Å². The number of carbonyl (C=O) groups is 1. The van der Waals surface area contributed by atoms with E-state index < -0.39 is 0 Å². The second kappa shape index (κ2) is 5.10. The van der Waals surface area contributed by atoms with Crippen molar-refractivity contribution in [3.63, 3.8) is 0 Å². The highest BCUT2D eigenvalue weighted by molar-refractivity contribution is 6.02. The summed E-state index contributed by atoms with van der Waals surface area (Å²) in [5, 5.41) is 4.03. The minimum absolute atomic E-state index is 0.212. The highest BCUT2D eigenvalue weighted by Gasteiger charge is 2.04. The highest BCUT2D eigenvalue weighted by atomic mass is 16.2. The number of allylic oxidation sites excluding steroid dienone is 3. The molecule has 1 N–H and O–H groups in total. The van der Waals surface area contributed by atoms with Crippen molar-refractivity contribution >= 4 is 11.6 Å². The van der Waals surface area contributed by atoms with Crippen molar-refractivity contribution in [3.05, 3.63) is 65.4 Å². The van der Waals surface area contributed by atoms with Gasteiger partial charge in [-0.25, -0.2) is 5.43 Å². The van der Waals surface area contributed by atoms with Crippen LogP contribution < -0.4 is 5.43 Å². The number of nitrogens with one attached hydrogen (secondary N) is 1. The molecule has 0 bridgehead atoms. The predicted molar refractivity (Wildman–Crippen MR) is 67.8 cm³/mol. The van der Waals surface area contributed by atoms with Crippen LogP contribution in [0.3, 0.4) is 0 Å². The lowest BCUT2D eigenvalue weighted by Crippen LogP contribution is -2.19. The molecule has 1 aromatic rings. The van der Waals surface area contributed by atoms with Crippen LogP contribution in [0, 0.1) is 0 Å². The molecule has 0 saturated carbocycles. The SMILES string of the molecule is C/C(=N\NC(=O)c1ccccc1)C1=C=CC=C1. The van der Waals surface area contributed by atoms with Gasteiger partial charge in [-0.2, -0.15) is 5.10 Å². The van der Waals surface area contributed by atoms with E-state index in [1.54, 1.807) is 12.1 Å². The largest absolute Gasteiger partial charge is 0.271 e. The van der Waals surface area contributed by atoms with Crippen molar-refractivity contribution in [2.75, 3.05) is 0 Å². The lowest BCUT2D eigenvalue weighted by atomic mass is 10.2. The Balaban J connectivity index is 2.03. The second-order valence-corrected chi connectivity index (χ2v) is 3.59. The normalized spacial score (nSPS) is 13.7. The van der Waals surface area contributed by atoms with Gasteiger partial charge in [0.2, 0.25) is 0 Å². The third-order valence-electron chi connectivity index (χ3n) is 2.35. The predicted octanol–water partition coefficient (Wildman–Crippen LogP) is 2.44. The Kier molecular flexibility index (Phi) is 3.34. The van der Waals surface area contributed by atoms with Crippen LogP contribution in [0.25, 0.3) is 0 Å². The first-order valence-electron chi connectivity index (χ1n) is 5.31. The fraction of sp³-hybridized carbons (Fsp3) is 0.0714. The van der Waals surface area contributed by atoms with Gasteiger partial charge in [0.25, 0.3) is 5.91 Å². The van der Waals surface area contributed by atoms with Gasteiger partial charge in [-0.05, 0) is 31.2 Å². The summed E-state index contributed by atoms with van der Waals surface area (Å²) < 4.78 is 0. The van der Waals surface area contributed by atoms with Gasteiger partial charge in [0.05, 0.1) is 5.71 Å². The third-order valence-corrected chi connectivity index (χ3v) is 2.35. The van der Waals surface area contributed by atoms with Gasteiger partial charge in [0, 0.05) is 11.1 Å². The van der Waals surface area contributed by atoms with Gasteiger partial charge < -0.3 is 0 Å². The van der Waals surface area contributed by atoms with Crippen molar-refractivity contribution in [2.45, 2.75) is 6.92 Å². The molecule has 17 heavy (non-hydrogen) atoms. The average molecular weight is 224 g/mol. The van der Waals surface area contributed by atoms with Gasteiger partial charge in [-0.3, -0.25) is 4.79 Å². The second-order valence-electron chi connectivity index (χ2n) is 3.59. The zero-order valence-electron chi connectivity index (χ0n) is 9.47. The first kappa shape index (κ1) is 11.1. The molecule has 3 heteroatoms. The molecule has 1 aromatic carbocycles. The molecular formula is C14H12N2O. The van der Waals surface area contributed by atoms with Crippen LogP contribution in [-0.4, -0.2) is 11.6 Å². The minimum atomic E-state index is -0.212. The molecule has 0 fully saturated rings. The molecule has 84 valence electrons. The van der Waals surface area contributed by atoms with E-state index in [-0.39, 0.29) is 5.91 Å². The first-order chi connectivity index (χ1) is 8.27. The number of rotatable bonds is 3. The zero-order valence-corrected chi connectivity index (χ0v) is 9.47. The monoisotopic (exact) mass is 224 g/mol. The van der Waals surface area contributed by atoms with Gasteiger partial charge in [-0.15, -0.1) is 5.73 Å². The molecule has 0 aliphatic heterocycles. The number of nitrogens with zero attached hydrogens (tertiary/aromatic N) is 1. The Labute approximate surface area is 99.9 Å². The molecule has 1 aliphatic carbocycles. The van der Waals surface area contributed by atoms with Crippen LogP contribution in [0.4, 0.5) is 0 Å². The van der Waals surface area contributed by atoms with Gasteiger partial charge in [0.15, 0.2) is 0 Å². The van der Waals surface area contributed by atoms with E-state index in [0.29, 0.717) is 5.56 Å². The van der Waals surface area contributed by atoms with Crippen LogP contribution >= 0.6 is 0 Å². The molecule has 0 radical (unpaired) electrons. The molecule has 2 rings (SSSR count). The molecule has 0 heterocycles. The zero-order chi connectivity index (χ0) is 12.1. The van der Waals surface area contributed by atoms with E-state index >= 15 is 0 Å². The number of amides is 1. The Morgan fingerprint density at radius 2 is 2.06 bits per heavy atom. The number of hydrazone groups is 1. The van der Waals surface area contributed by atoms with E-state index in [2.05, 4.69) is 16.3 Å². The average Bonchev–Trinajstić information content (AvgIpc) is 2.90. The summed E-state index contributed by atoms with van der Waals surface area (Å²) in [4.78, 5) is 11.7. The molecule has 3 nitrogen and oxygen atoms in total. The number of hydrogen-bond donors (Lipinski definition) is 1. The maximum atomic E-state index is 11.7. The highest BCUT2D eigenvalue weighted by Crippen LogP contribution is 2.04. The van der Waals surface area contributed by atoms with E-state index in [1.807, 2.05) is 43.4 Å². The Bertz CT molecular complexity index is 547. The third kappa shape index (κ3) is 2.80. The Morgan fingerprint density at radius 3 is 2.71 bits per heavy atom. The Hall–Kier alpha value is -2.38.